The highest BCUT2D eigenvalue weighted by molar-refractivity contribution is 5.69. The van der Waals surface area contributed by atoms with Crippen LogP contribution in [0.15, 0.2) is 79.3 Å². The SMILES string of the molecule is COc1ccc(CN2CCN(Cc3cnc[nH]3)c3ccc(-c4ccccc4)cc3C2)c(OC)c1. The zero-order valence-corrected chi connectivity index (χ0v) is 19.7. The summed E-state index contributed by atoms with van der Waals surface area (Å²) < 4.78 is 11.0. The second-order valence-electron chi connectivity index (χ2n) is 8.60. The van der Waals surface area contributed by atoms with Crippen LogP contribution in [0.2, 0.25) is 0 Å². The van der Waals surface area contributed by atoms with Crippen molar-refractivity contribution in [2.45, 2.75) is 19.6 Å². The number of benzene rings is 3. The zero-order chi connectivity index (χ0) is 23.3. The Morgan fingerprint density at radius 3 is 2.53 bits per heavy atom. The molecule has 0 amide bonds. The van der Waals surface area contributed by atoms with E-state index in [2.05, 4.69) is 74.4 Å². The number of anilines is 1. The van der Waals surface area contributed by atoms with Gasteiger partial charge in [0.15, 0.2) is 0 Å². The molecule has 0 spiro atoms. The van der Waals surface area contributed by atoms with Crippen molar-refractivity contribution in [1.82, 2.24) is 14.9 Å². The number of rotatable bonds is 7. The Labute approximate surface area is 200 Å². The molecule has 1 aliphatic heterocycles. The van der Waals surface area contributed by atoms with Gasteiger partial charge in [0.2, 0.25) is 0 Å². The first kappa shape index (κ1) is 22.0. The second-order valence-corrected chi connectivity index (χ2v) is 8.60. The minimum atomic E-state index is 0.803. The summed E-state index contributed by atoms with van der Waals surface area (Å²) in [4.78, 5) is 12.4. The van der Waals surface area contributed by atoms with Crippen LogP contribution in [0.25, 0.3) is 11.1 Å². The molecule has 0 aliphatic carbocycles. The van der Waals surface area contributed by atoms with Crippen LogP contribution >= 0.6 is 0 Å². The van der Waals surface area contributed by atoms with Gasteiger partial charge < -0.3 is 19.4 Å². The Hall–Kier alpha value is -3.77. The number of aromatic nitrogens is 2. The largest absolute Gasteiger partial charge is 0.497 e. The van der Waals surface area contributed by atoms with Gasteiger partial charge in [-0.2, -0.15) is 0 Å². The molecule has 0 saturated heterocycles. The molecule has 1 aliphatic rings. The van der Waals surface area contributed by atoms with Crippen LogP contribution in [0.5, 0.6) is 11.5 Å². The molecule has 4 aromatic rings. The fourth-order valence-electron chi connectivity index (χ4n) is 4.63. The molecule has 0 radical (unpaired) electrons. The average molecular weight is 455 g/mol. The van der Waals surface area contributed by atoms with Gasteiger partial charge in [-0.1, -0.05) is 42.5 Å². The topological polar surface area (TPSA) is 53.6 Å². The van der Waals surface area contributed by atoms with E-state index < -0.39 is 0 Å². The lowest BCUT2D eigenvalue weighted by molar-refractivity contribution is 0.263. The number of hydrogen-bond donors (Lipinski definition) is 1. The van der Waals surface area contributed by atoms with E-state index >= 15 is 0 Å². The van der Waals surface area contributed by atoms with E-state index in [0.29, 0.717) is 0 Å². The number of ether oxygens (including phenoxy) is 2. The lowest BCUT2D eigenvalue weighted by atomic mass is 10.0. The molecule has 34 heavy (non-hydrogen) atoms. The van der Waals surface area contributed by atoms with Crippen LogP contribution in [0.3, 0.4) is 0 Å². The molecular formula is C28H30N4O2. The van der Waals surface area contributed by atoms with Crippen molar-refractivity contribution in [1.29, 1.82) is 0 Å². The van der Waals surface area contributed by atoms with Crippen molar-refractivity contribution < 1.29 is 9.47 Å². The minimum absolute atomic E-state index is 0.803. The molecule has 6 heteroatoms. The summed E-state index contributed by atoms with van der Waals surface area (Å²) in [7, 11) is 3.40. The second kappa shape index (κ2) is 10.0. The van der Waals surface area contributed by atoms with Gasteiger partial charge in [-0.15, -0.1) is 0 Å². The first-order valence-electron chi connectivity index (χ1n) is 11.6. The van der Waals surface area contributed by atoms with Crippen molar-refractivity contribution in [3.63, 3.8) is 0 Å². The van der Waals surface area contributed by atoms with Crippen LogP contribution in [-0.2, 0) is 19.6 Å². The van der Waals surface area contributed by atoms with Gasteiger partial charge in [0.05, 0.1) is 32.8 Å². The molecule has 1 aromatic heterocycles. The normalized spacial score (nSPS) is 13.9. The van der Waals surface area contributed by atoms with Crippen molar-refractivity contribution in [3.05, 3.63) is 96.1 Å². The monoisotopic (exact) mass is 454 g/mol. The van der Waals surface area contributed by atoms with E-state index in [4.69, 9.17) is 9.47 Å². The summed E-state index contributed by atoms with van der Waals surface area (Å²) in [5, 5.41) is 0. The molecule has 0 saturated carbocycles. The summed E-state index contributed by atoms with van der Waals surface area (Å²) in [6.07, 6.45) is 3.65. The standard InChI is InChI=1S/C28H30N4O2/c1-33-26-10-8-23(28(15-26)34-2)17-31-12-13-32(19-25-16-29-20-30-25)27-11-9-22(14-24(27)18-31)21-6-4-3-5-7-21/h3-11,14-16,20H,12-13,17-19H2,1-2H3,(H,29,30). The molecule has 6 nitrogen and oxygen atoms in total. The highest BCUT2D eigenvalue weighted by Gasteiger charge is 2.22. The maximum Gasteiger partial charge on any atom is 0.127 e. The summed E-state index contributed by atoms with van der Waals surface area (Å²) in [6.45, 7) is 4.34. The third-order valence-corrected chi connectivity index (χ3v) is 6.41. The highest BCUT2D eigenvalue weighted by atomic mass is 16.5. The number of hydrogen-bond acceptors (Lipinski definition) is 5. The summed E-state index contributed by atoms with van der Waals surface area (Å²) in [6, 6.07) is 23.5. The quantitative estimate of drug-likeness (QED) is 0.420. The van der Waals surface area contributed by atoms with Gasteiger partial charge in [-0.25, -0.2) is 4.98 Å². The maximum absolute atomic E-state index is 5.67. The van der Waals surface area contributed by atoms with Crippen molar-refractivity contribution in [2.75, 3.05) is 32.2 Å². The van der Waals surface area contributed by atoms with Crippen LogP contribution in [0.4, 0.5) is 5.69 Å². The predicted molar refractivity (Wildman–Crippen MR) is 135 cm³/mol. The molecular weight excluding hydrogens is 424 g/mol. The highest BCUT2D eigenvalue weighted by Crippen LogP contribution is 2.33. The van der Waals surface area contributed by atoms with Gasteiger partial charge in [0, 0.05) is 49.7 Å². The lowest BCUT2D eigenvalue weighted by Crippen LogP contribution is -2.31. The summed E-state index contributed by atoms with van der Waals surface area (Å²) in [5.41, 5.74) is 7.35. The number of nitrogens with one attached hydrogen (secondary N) is 1. The minimum Gasteiger partial charge on any atom is -0.497 e. The van der Waals surface area contributed by atoms with Crippen molar-refractivity contribution in [3.8, 4) is 22.6 Å². The molecule has 0 unspecified atom stereocenters. The molecule has 174 valence electrons. The molecule has 3 aromatic carbocycles. The first-order valence-corrected chi connectivity index (χ1v) is 11.6. The number of nitrogens with zero attached hydrogens (tertiary/aromatic N) is 3. The van der Waals surface area contributed by atoms with E-state index in [-0.39, 0.29) is 0 Å². The number of fused-ring (bicyclic) bond motifs is 1. The van der Waals surface area contributed by atoms with Crippen LogP contribution < -0.4 is 14.4 Å². The number of H-pyrrole nitrogens is 1. The van der Waals surface area contributed by atoms with Gasteiger partial charge in [-0.05, 0) is 34.9 Å². The number of aromatic amines is 1. The fraction of sp³-hybridized carbons (Fsp3) is 0.250. The molecule has 2 heterocycles. The fourth-order valence-corrected chi connectivity index (χ4v) is 4.63. The molecule has 0 fully saturated rings. The zero-order valence-electron chi connectivity index (χ0n) is 19.7. The Morgan fingerprint density at radius 2 is 1.76 bits per heavy atom. The van der Waals surface area contributed by atoms with E-state index in [1.165, 1.54) is 22.4 Å². The van der Waals surface area contributed by atoms with Crippen LogP contribution in [0, 0.1) is 0 Å². The van der Waals surface area contributed by atoms with E-state index in [0.717, 1.165) is 55.5 Å². The van der Waals surface area contributed by atoms with Gasteiger partial charge in [-0.3, -0.25) is 4.90 Å². The first-order chi connectivity index (χ1) is 16.7. The smallest absolute Gasteiger partial charge is 0.127 e. The van der Waals surface area contributed by atoms with E-state index in [1.807, 2.05) is 18.3 Å². The van der Waals surface area contributed by atoms with Gasteiger partial charge in [0.25, 0.3) is 0 Å². The van der Waals surface area contributed by atoms with Gasteiger partial charge in [0.1, 0.15) is 11.5 Å². The summed E-state index contributed by atoms with van der Waals surface area (Å²) >= 11 is 0. The summed E-state index contributed by atoms with van der Waals surface area (Å²) in [5.74, 6) is 1.66. The van der Waals surface area contributed by atoms with E-state index in [9.17, 15) is 0 Å². The molecule has 1 N–H and O–H groups in total. The van der Waals surface area contributed by atoms with Crippen molar-refractivity contribution in [2.24, 2.45) is 0 Å². The van der Waals surface area contributed by atoms with Crippen LogP contribution in [-0.4, -0.2) is 42.2 Å². The molecule has 0 bridgehead atoms. The Morgan fingerprint density at radius 1 is 0.882 bits per heavy atom. The third-order valence-electron chi connectivity index (χ3n) is 6.41. The van der Waals surface area contributed by atoms with Crippen LogP contribution in [0.1, 0.15) is 16.8 Å². The van der Waals surface area contributed by atoms with E-state index in [1.54, 1.807) is 20.5 Å². The Kier molecular flexibility index (Phi) is 6.49. The predicted octanol–water partition coefficient (Wildman–Crippen LogP) is 5.12. The molecule has 0 atom stereocenters. The third kappa shape index (κ3) is 4.77. The molecule has 5 rings (SSSR count). The lowest BCUT2D eigenvalue weighted by Gasteiger charge is -2.25. The van der Waals surface area contributed by atoms with Gasteiger partial charge >= 0.3 is 0 Å². The Balaban J connectivity index is 1.47. The number of methoxy groups -OCH3 is 2. The van der Waals surface area contributed by atoms with Crippen molar-refractivity contribution >= 4 is 5.69 Å². The maximum atomic E-state index is 5.67. The number of imidazole rings is 1. The average Bonchev–Trinajstić information content (AvgIpc) is 3.34. The Bertz CT molecular complexity index is 1220.